The fourth-order valence-corrected chi connectivity index (χ4v) is 2.65. The fourth-order valence-electron chi connectivity index (χ4n) is 2.65. The summed E-state index contributed by atoms with van der Waals surface area (Å²) in [6.07, 6.45) is 4.60. The molecule has 0 radical (unpaired) electrons. The minimum atomic E-state index is 0.139. The summed E-state index contributed by atoms with van der Waals surface area (Å²) in [5.41, 5.74) is 7.16. The van der Waals surface area contributed by atoms with Crippen LogP contribution in [0, 0.1) is 0 Å². The highest BCUT2D eigenvalue weighted by molar-refractivity contribution is 5.78. The summed E-state index contributed by atoms with van der Waals surface area (Å²) < 4.78 is 7.71. The number of nitrogens with two attached hydrogens (primary N) is 1. The molecule has 1 aromatic heterocycles. The molecule has 1 atom stereocenters. The number of nitrogens with one attached hydrogen (secondary N) is 1. The Morgan fingerprint density at radius 3 is 3.23 bits per heavy atom. The number of fused-ring (bicyclic) bond motifs is 1. The average molecular weight is 299 g/mol. The molecule has 1 aliphatic heterocycles. The molecule has 0 fully saturated rings. The number of benzene rings is 1. The van der Waals surface area contributed by atoms with E-state index in [0.29, 0.717) is 19.1 Å². The highest BCUT2D eigenvalue weighted by Gasteiger charge is 2.21. The predicted molar refractivity (Wildman–Crippen MR) is 85.7 cm³/mol. The number of imidazole rings is 1. The topological polar surface area (TPSA) is 77.5 Å². The van der Waals surface area contributed by atoms with Crippen molar-refractivity contribution in [3.05, 3.63) is 48.0 Å². The van der Waals surface area contributed by atoms with Gasteiger partial charge >= 0.3 is 0 Å². The second-order valence-corrected chi connectivity index (χ2v) is 5.20. The van der Waals surface area contributed by atoms with Gasteiger partial charge in [-0.25, -0.2) is 9.98 Å². The van der Waals surface area contributed by atoms with Crippen LogP contribution in [0.2, 0.25) is 0 Å². The van der Waals surface area contributed by atoms with Crippen molar-refractivity contribution in [3.8, 4) is 5.75 Å². The van der Waals surface area contributed by atoms with Crippen molar-refractivity contribution in [1.29, 1.82) is 0 Å². The molecule has 6 nitrogen and oxygen atoms in total. The zero-order chi connectivity index (χ0) is 15.4. The number of para-hydroxylation sites is 1. The molecule has 0 amide bonds. The van der Waals surface area contributed by atoms with Gasteiger partial charge in [0.1, 0.15) is 18.1 Å². The van der Waals surface area contributed by atoms with E-state index in [1.165, 1.54) is 0 Å². The Morgan fingerprint density at radius 1 is 1.50 bits per heavy atom. The minimum absolute atomic E-state index is 0.139. The van der Waals surface area contributed by atoms with Gasteiger partial charge in [0.2, 0.25) is 0 Å². The predicted octanol–water partition coefficient (Wildman–Crippen LogP) is 1.83. The Kier molecular flexibility index (Phi) is 4.27. The molecule has 6 heteroatoms. The third kappa shape index (κ3) is 3.05. The third-order valence-electron chi connectivity index (χ3n) is 3.81. The van der Waals surface area contributed by atoms with Crippen molar-refractivity contribution in [1.82, 2.24) is 14.9 Å². The van der Waals surface area contributed by atoms with E-state index in [2.05, 4.69) is 32.9 Å². The third-order valence-corrected chi connectivity index (χ3v) is 3.81. The van der Waals surface area contributed by atoms with Gasteiger partial charge in [0, 0.05) is 30.9 Å². The lowest BCUT2D eigenvalue weighted by molar-refractivity contribution is 0.262. The van der Waals surface area contributed by atoms with Crippen molar-refractivity contribution >= 4 is 5.96 Å². The number of guanidine groups is 1. The first-order valence-corrected chi connectivity index (χ1v) is 7.56. The van der Waals surface area contributed by atoms with Gasteiger partial charge in [-0.1, -0.05) is 18.2 Å². The van der Waals surface area contributed by atoms with Crippen molar-refractivity contribution in [3.63, 3.8) is 0 Å². The first-order chi connectivity index (χ1) is 10.8. The summed E-state index contributed by atoms with van der Waals surface area (Å²) in [4.78, 5) is 8.70. The number of hydrogen-bond acceptors (Lipinski definition) is 3. The highest BCUT2D eigenvalue weighted by atomic mass is 16.5. The fraction of sp³-hybridized carbons (Fsp3) is 0.375. The molecule has 0 saturated carbocycles. The zero-order valence-electron chi connectivity index (χ0n) is 12.7. The summed E-state index contributed by atoms with van der Waals surface area (Å²) in [5, 5.41) is 3.29. The van der Waals surface area contributed by atoms with Crippen LogP contribution in [0.3, 0.4) is 0 Å². The number of aliphatic imine (C=N–C) groups is 1. The van der Waals surface area contributed by atoms with Crippen LogP contribution in [0.25, 0.3) is 0 Å². The van der Waals surface area contributed by atoms with Crippen LogP contribution in [0.5, 0.6) is 5.75 Å². The first-order valence-electron chi connectivity index (χ1n) is 7.56. The summed E-state index contributed by atoms with van der Waals surface area (Å²) in [6, 6.07) is 8.16. The van der Waals surface area contributed by atoms with E-state index in [-0.39, 0.29) is 6.04 Å². The van der Waals surface area contributed by atoms with Crippen molar-refractivity contribution < 1.29 is 4.74 Å². The second-order valence-electron chi connectivity index (χ2n) is 5.20. The van der Waals surface area contributed by atoms with E-state index in [1.54, 1.807) is 6.20 Å². The maximum Gasteiger partial charge on any atom is 0.189 e. The van der Waals surface area contributed by atoms with E-state index in [1.807, 2.05) is 24.4 Å². The van der Waals surface area contributed by atoms with E-state index >= 15 is 0 Å². The molecule has 3 N–H and O–H groups in total. The molecule has 0 spiro atoms. The molecular formula is C16H21N5O. The van der Waals surface area contributed by atoms with Crippen molar-refractivity contribution in [2.75, 3.05) is 6.61 Å². The number of nitrogens with zero attached hydrogens (tertiary/aromatic N) is 3. The van der Waals surface area contributed by atoms with Gasteiger partial charge in [-0.3, -0.25) is 0 Å². The number of aryl methyl sites for hydroxylation is 1. The van der Waals surface area contributed by atoms with Crippen LogP contribution in [0.1, 0.15) is 30.8 Å². The molecule has 1 aromatic carbocycles. The largest absolute Gasteiger partial charge is 0.493 e. The Bertz CT molecular complexity index is 664. The van der Waals surface area contributed by atoms with Crippen LogP contribution >= 0.6 is 0 Å². The van der Waals surface area contributed by atoms with Crippen LogP contribution in [-0.4, -0.2) is 22.1 Å². The van der Waals surface area contributed by atoms with Crippen molar-refractivity contribution in [2.45, 2.75) is 32.5 Å². The molecule has 0 saturated heterocycles. The molecule has 1 aliphatic rings. The lowest BCUT2D eigenvalue weighted by Crippen LogP contribution is -2.37. The SMILES string of the molecule is CCn1ccnc1CN=C(N)NC1CCOc2ccccc21. The van der Waals surface area contributed by atoms with Gasteiger partial charge in [0.05, 0.1) is 12.6 Å². The van der Waals surface area contributed by atoms with Gasteiger partial charge in [0.25, 0.3) is 0 Å². The van der Waals surface area contributed by atoms with Gasteiger partial charge < -0.3 is 20.4 Å². The number of rotatable bonds is 4. The average Bonchev–Trinajstić information content (AvgIpc) is 3.01. The van der Waals surface area contributed by atoms with Crippen LogP contribution in [-0.2, 0) is 13.1 Å². The van der Waals surface area contributed by atoms with Crippen molar-refractivity contribution in [2.24, 2.45) is 10.7 Å². The van der Waals surface area contributed by atoms with Crippen LogP contribution in [0.15, 0.2) is 41.7 Å². The smallest absolute Gasteiger partial charge is 0.189 e. The van der Waals surface area contributed by atoms with E-state index in [9.17, 15) is 0 Å². The molecule has 2 aromatic rings. The monoisotopic (exact) mass is 299 g/mol. The van der Waals surface area contributed by atoms with Gasteiger partial charge in [-0.05, 0) is 13.0 Å². The van der Waals surface area contributed by atoms with E-state index < -0.39 is 0 Å². The molecule has 3 rings (SSSR count). The molecule has 0 aliphatic carbocycles. The van der Waals surface area contributed by atoms with Gasteiger partial charge in [-0.15, -0.1) is 0 Å². The maximum atomic E-state index is 6.03. The van der Waals surface area contributed by atoms with Gasteiger partial charge in [0.15, 0.2) is 5.96 Å². The maximum absolute atomic E-state index is 6.03. The quantitative estimate of drug-likeness (QED) is 0.667. The van der Waals surface area contributed by atoms with E-state index in [0.717, 1.165) is 30.1 Å². The van der Waals surface area contributed by atoms with Crippen LogP contribution in [0.4, 0.5) is 0 Å². The Hall–Kier alpha value is -2.50. The van der Waals surface area contributed by atoms with Crippen LogP contribution < -0.4 is 15.8 Å². The first kappa shape index (κ1) is 14.4. The lowest BCUT2D eigenvalue weighted by atomic mass is 10.0. The number of aromatic nitrogens is 2. The summed E-state index contributed by atoms with van der Waals surface area (Å²) in [7, 11) is 0. The number of hydrogen-bond donors (Lipinski definition) is 2. The molecule has 116 valence electrons. The lowest BCUT2D eigenvalue weighted by Gasteiger charge is -2.26. The molecule has 2 heterocycles. The Morgan fingerprint density at radius 2 is 2.36 bits per heavy atom. The van der Waals surface area contributed by atoms with Gasteiger partial charge in [-0.2, -0.15) is 0 Å². The normalized spacial score (nSPS) is 17.7. The summed E-state index contributed by atoms with van der Waals surface area (Å²) >= 11 is 0. The molecular weight excluding hydrogens is 278 g/mol. The highest BCUT2D eigenvalue weighted by Crippen LogP contribution is 2.31. The Balaban J connectivity index is 1.67. The summed E-state index contributed by atoms with van der Waals surface area (Å²) in [6.45, 7) is 4.12. The molecule has 0 bridgehead atoms. The standard InChI is InChI=1S/C16H21N5O/c1-2-21-9-8-18-15(21)11-19-16(17)20-13-7-10-22-14-6-4-3-5-12(13)14/h3-6,8-9,13H,2,7,10-11H2,1H3,(H3,17,19,20). The molecule has 1 unspecified atom stereocenters. The number of ether oxygens (including phenoxy) is 1. The zero-order valence-corrected chi connectivity index (χ0v) is 12.7. The minimum Gasteiger partial charge on any atom is -0.493 e. The second kappa shape index (κ2) is 6.51. The van der Waals surface area contributed by atoms with E-state index in [4.69, 9.17) is 10.5 Å². The summed E-state index contributed by atoms with van der Waals surface area (Å²) in [5.74, 6) is 2.27. The molecule has 22 heavy (non-hydrogen) atoms. The Labute approximate surface area is 130 Å².